The lowest BCUT2D eigenvalue weighted by atomic mass is 10.1. The standard InChI is InChI=1S/C16H16FN3O/c1-11-4-3-5-12(2)15(11)19-16(21)20-18-10-13-6-8-14(17)9-7-13/h3-10H,1-2H3,(H2,19,20,21). The molecule has 5 heteroatoms. The van der Waals surface area contributed by atoms with Gasteiger partial charge in [-0.25, -0.2) is 14.6 Å². The molecule has 2 aromatic rings. The first-order valence-corrected chi connectivity index (χ1v) is 6.48. The van der Waals surface area contributed by atoms with Gasteiger partial charge in [0.15, 0.2) is 0 Å². The Bertz CT molecular complexity index is 645. The van der Waals surface area contributed by atoms with Gasteiger partial charge in [0, 0.05) is 5.69 Å². The highest BCUT2D eigenvalue weighted by molar-refractivity contribution is 5.91. The molecule has 0 aromatic heterocycles. The third kappa shape index (κ3) is 4.14. The lowest BCUT2D eigenvalue weighted by Gasteiger charge is -2.10. The topological polar surface area (TPSA) is 53.5 Å². The van der Waals surface area contributed by atoms with Gasteiger partial charge in [-0.15, -0.1) is 0 Å². The van der Waals surface area contributed by atoms with Gasteiger partial charge in [0.2, 0.25) is 0 Å². The predicted molar refractivity (Wildman–Crippen MR) is 82.1 cm³/mol. The summed E-state index contributed by atoms with van der Waals surface area (Å²) in [5.74, 6) is -0.312. The molecule has 0 spiro atoms. The minimum Gasteiger partial charge on any atom is -0.306 e. The normalized spacial score (nSPS) is 10.6. The highest BCUT2D eigenvalue weighted by Gasteiger charge is 2.05. The summed E-state index contributed by atoms with van der Waals surface area (Å²) in [5, 5.41) is 6.57. The zero-order valence-corrected chi connectivity index (χ0v) is 11.9. The molecule has 0 fully saturated rings. The first-order valence-electron chi connectivity index (χ1n) is 6.48. The van der Waals surface area contributed by atoms with Crippen LogP contribution >= 0.6 is 0 Å². The third-order valence-corrected chi connectivity index (χ3v) is 2.97. The molecule has 2 aromatic carbocycles. The molecule has 2 rings (SSSR count). The summed E-state index contributed by atoms with van der Waals surface area (Å²) in [7, 11) is 0. The Hall–Kier alpha value is -2.69. The number of hydrogen-bond acceptors (Lipinski definition) is 2. The molecule has 0 heterocycles. The zero-order valence-electron chi connectivity index (χ0n) is 11.9. The largest absolute Gasteiger partial charge is 0.339 e. The number of aryl methyl sites for hydroxylation is 2. The van der Waals surface area contributed by atoms with Crippen molar-refractivity contribution >= 4 is 17.9 Å². The van der Waals surface area contributed by atoms with E-state index in [1.807, 2.05) is 32.0 Å². The minimum absolute atomic E-state index is 0.312. The minimum atomic E-state index is -0.425. The zero-order chi connectivity index (χ0) is 15.2. The fourth-order valence-corrected chi connectivity index (χ4v) is 1.87. The molecule has 0 saturated carbocycles. The molecule has 21 heavy (non-hydrogen) atoms. The maximum absolute atomic E-state index is 12.7. The van der Waals surface area contributed by atoms with Crippen molar-refractivity contribution in [1.29, 1.82) is 0 Å². The number of para-hydroxylation sites is 1. The van der Waals surface area contributed by atoms with Gasteiger partial charge >= 0.3 is 6.03 Å². The smallest absolute Gasteiger partial charge is 0.306 e. The van der Waals surface area contributed by atoms with Crippen LogP contribution in [0.1, 0.15) is 16.7 Å². The third-order valence-electron chi connectivity index (χ3n) is 2.97. The maximum atomic E-state index is 12.7. The van der Waals surface area contributed by atoms with Crippen LogP contribution < -0.4 is 10.7 Å². The Morgan fingerprint density at radius 2 is 1.71 bits per heavy atom. The van der Waals surface area contributed by atoms with Gasteiger partial charge in [0.25, 0.3) is 0 Å². The second kappa shape index (κ2) is 6.65. The summed E-state index contributed by atoms with van der Waals surface area (Å²) >= 11 is 0. The highest BCUT2D eigenvalue weighted by atomic mass is 19.1. The van der Waals surface area contributed by atoms with Crippen LogP contribution in [0.15, 0.2) is 47.6 Å². The molecule has 0 atom stereocenters. The fourth-order valence-electron chi connectivity index (χ4n) is 1.87. The maximum Gasteiger partial charge on any atom is 0.339 e. The summed E-state index contributed by atoms with van der Waals surface area (Å²) in [6.07, 6.45) is 1.45. The molecule has 2 N–H and O–H groups in total. The van der Waals surface area contributed by atoms with Crippen molar-refractivity contribution in [3.05, 3.63) is 65.0 Å². The lowest BCUT2D eigenvalue weighted by molar-refractivity contribution is 0.252. The van der Waals surface area contributed by atoms with E-state index in [1.165, 1.54) is 18.3 Å². The number of urea groups is 1. The van der Waals surface area contributed by atoms with E-state index < -0.39 is 6.03 Å². The number of anilines is 1. The van der Waals surface area contributed by atoms with Crippen LogP contribution in [0.2, 0.25) is 0 Å². The van der Waals surface area contributed by atoms with E-state index in [2.05, 4.69) is 15.8 Å². The molecule has 108 valence electrons. The molecular formula is C16H16FN3O. The SMILES string of the molecule is Cc1cccc(C)c1NC(=O)NN=Cc1ccc(F)cc1. The van der Waals surface area contributed by atoms with Crippen LogP contribution in [-0.2, 0) is 0 Å². The summed E-state index contributed by atoms with van der Waals surface area (Å²) in [4.78, 5) is 11.8. The number of halogens is 1. The summed E-state index contributed by atoms with van der Waals surface area (Å²) < 4.78 is 12.7. The number of nitrogens with zero attached hydrogens (tertiary/aromatic N) is 1. The number of carbonyl (C=O) groups excluding carboxylic acids is 1. The van der Waals surface area contributed by atoms with Crippen LogP contribution in [0.5, 0.6) is 0 Å². The van der Waals surface area contributed by atoms with Gasteiger partial charge in [-0.3, -0.25) is 0 Å². The number of hydrogen-bond donors (Lipinski definition) is 2. The molecule has 2 amide bonds. The molecule has 0 unspecified atom stereocenters. The van der Waals surface area contributed by atoms with E-state index in [9.17, 15) is 9.18 Å². The predicted octanol–water partition coefficient (Wildman–Crippen LogP) is 3.60. The van der Waals surface area contributed by atoms with E-state index in [1.54, 1.807) is 12.1 Å². The Kier molecular flexibility index (Phi) is 4.66. The molecule has 0 aliphatic heterocycles. The quantitative estimate of drug-likeness (QED) is 0.657. The molecule has 0 bridgehead atoms. The van der Waals surface area contributed by atoms with Gasteiger partial charge in [0.05, 0.1) is 6.21 Å². The number of nitrogens with one attached hydrogen (secondary N) is 2. The van der Waals surface area contributed by atoms with Crippen molar-refractivity contribution in [3.63, 3.8) is 0 Å². The number of hydrazone groups is 1. The van der Waals surface area contributed by atoms with Crippen molar-refractivity contribution in [2.45, 2.75) is 13.8 Å². The Morgan fingerprint density at radius 3 is 2.33 bits per heavy atom. The summed E-state index contributed by atoms with van der Waals surface area (Å²) in [6.45, 7) is 3.84. The van der Waals surface area contributed by atoms with Crippen LogP contribution in [-0.4, -0.2) is 12.2 Å². The van der Waals surface area contributed by atoms with Crippen LogP contribution in [0.25, 0.3) is 0 Å². The van der Waals surface area contributed by atoms with Crippen LogP contribution in [0.3, 0.4) is 0 Å². The average molecular weight is 285 g/mol. The number of carbonyl (C=O) groups is 1. The van der Waals surface area contributed by atoms with Crippen molar-refractivity contribution in [2.24, 2.45) is 5.10 Å². The molecule has 0 aliphatic carbocycles. The Morgan fingerprint density at radius 1 is 1.10 bits per heavy atom. The van der Waals surface area contributed by atoms with E-state index >= 15 is 0 Å². The summed E-state index contributed by atoms with van der Waals surface area (Å²) in [6, 6.07) is 11.2. The second-order valence-electron chi connectivity index (χ2n) is 4.64. The van der Waals surface area contributed by atoms with Crippen molar-refractivity contribution < 1.29 is 9.18 Å². The van der Waals surface area contributed by atoms with Crippen LogP contribution in [0.4, 0.5) is 14.9 Å². The van der Waals surface area contributed by atoms with E-state index in [-0.39, 0.29) is 5.82 Å². The average Bonchev–Trinajstić information content (AvgIpc) is 2.45. The van der Waals surface area contributed by atoms with Gasteiger partial charge in [-0.2, -0.15) is 5.10 Å². The fraction of sp³-hybridized carbons (Fsp3) is 0.125. The van der Waals surface area contributed by atoms with Crippen molar-refractivity contribution in [3.8, 4) is 0 Å². The lowest BCUT2D eigenvalue weighted by Crippen LogP contribution is -2.25. The monoisotopic (exact) mass is 285 g/mol. The number of rotatable bonds is 3. The Balaban J connectivity index is 1.95. The number of benzene rings is 2. The molecule has 4 nitrogen and oxygen atoms in total. The van der Waals surface area contributed by atoms with E-state index in [0.29, 0.717) is 5.56 Å². The van der Waals surface area contributed by atoms with E-state index in [4.69, 9.17) is 0 Å². The van der Waals surface area contributed by atoms with Gasteiger partial charge in [-0.05, 0) is 42.7 Å². The van der Waals surface area contributed by atoms with Crippen molar-refractivity contribution in [1.82, 2.24) is 5.43 Å². The first kappa shape index (κ1) is 14.7. The van der Waals surface area contributed by atoms with Gasteiger partial charge in [0.1, 0.15) is 5.82 Å². The van der Waals surface area contributed by atoms with Gasteiger partial charge in [-0.1, -0.05) is 30.3 Å². The Labute approximate surface area is 122 Å². The first-order chi connectivity index (χ1) is 10.1. The summed E-state index contributed by atoms with van der Waals surface area (Å²) in [5.41, 5.74) is 5.80. The molecule has 0 saturated heterocycles. The number of amides is 2. The molecule has 0 radical (unpaired) electrons. The molecule has 0 aliphatic rings. The molecular weight excluding hydrogens is 269 g/mol. The second-order valence-corrected chi connectivity index (χ2v) is 4.64. The van der Waals surface area contributed by atoms with Crippen molar-refractivity contribution in [2.75, 3.05) is 5.32 Å². The van der Waals surface area contributed by atoms with Crippen LogP contribution in [0, 0.1) is 19.7 Å². The van der Waals surface area contributed by atoms with E-state index in [0.717, 1.165) is 16.8 Å². The highest BCUT2D eigenvalue weighted by Crippen LogP contribution is 2.18. The van der Waals surface area contributed by atoms with Gasteiger partial charge < -0.3 is 5.32 Å².